The van der Waals surface area contributed by atoms with Crippen LogP contribution in [0.2, 0.25) is 10.0 Å². The number of amides is 2. The van der Waals surface area contributed by atoms with Crippen LogP contribution in [-0.4, -0.2) is 51.4 Å². The maximum absolute atomic E-state index is 14.6. The number of ether oxygens (including phenoxy) is 1. The Morgan fingerprint density at radius 2 is 1.60 bits per heavy atom. The molecule has 2 amide bonds. The SMILES string of the molecule is CCCCNC(=O)[C@H](Cc1ccccc1)N(Cc1cccc(Cl)c1)C(=O)CN(c1ccc(OC)c(Cl)c1)S(=O)(=O)c1ccc(C)cc1. The van der Waals surface area contributed by atoms with Crippen LogP contribution in [0.15, 0.2) is 102 Å². The largest absolute Gasteiger partial charge is 0.495 e. The van der Waals surface area contributed by atoms with Crippen LogP contribution in [0.5, 0.6) is 5.75 Å². The van der Waals surface area contributed by atoms with Crippen molar-refractivity contribution >= 4 is 50.7 Å². The van der Waals surface area contributed by atoms with Crippen molar-refractivity contribution in [2.45, 2.75) is 50.6 Å². The van der Waals surface area contributed by atoms with E-state index in [4.69, 9.17) is 27.9 Å². The van der Waals surface area contributed by atoms with Crippen molar-refractivity contribution in [2.75, 3.05) is 24.5 Å². The highest BCUT2D eigenvalue weighted by atomic mass is 35.5. The van der Waals surface area contributed by atoms with Crippen LogP contribution in [0, 0.1) is 6.92 Å². The second-order valence-corrected chi connectivity index (χ2v) is 13.9. The van der Waals surface area contributed by atoms with Gasteiger partial charge in [0.1, 0.15) is 18.3 Å². The van der Waals surface area contributed by atoms with Crippen LogP contribution < -0.4 is 14.4 Å². The number of unbranched alkanes of at least 4 members (excludes halogenated alkanes) is 1. The van der Waals surface area contributed by atoms with Gasteiger partial charge in [-0.15, -0.1) is 0 Å². The number of anilines is 1. The minimum atomic E-state index is -4.27. The van der Waals surface area contributed by atoms with E-state index in [1.165, 1.54) is 36.3 Å². The molecule has 0 aromatic heterocycles. The standard InChI is InChI=1S/C36H39Cl2N3O5S/c1-4-5-20-39-36(43)33(22-27-10-7-6-8-11-27)40(24-28-12-9-13-29(37)21-28)35(42)25-41(30-16-19-34(46-3)32(38)23-30)47(44,45)31-17-14-26(2)15-18-31/h6-19,21,23,33H,4-5,20,22,24-25H2,1-3H3,(H,39,43)/t33-/m0/s1. The molecule has 47 heavy (non-hydrogen) atoms. The van der Waals surface area contributed by atoms with Crippen LogP contribution in [0.1, 0.15) is 36.5 Å². The Labute approximate surface area is 287 Å². The number of carbonyl (C=O) groups excluding carboxylic acids is 2. The first-order valence-electron chi connectivity index (χ1n) is 15.3. The smallest absolute Gasteiger partial charge is 0.264 e. The van der Waals surface area contributed by atoms with E-state index >= 15 is 0 Å². The molecule has 0 aliphatic rings. The lowest BCUT2D eigenvalue weighted by atomic mass is 10.0. The van der Waals surface area contributed by atoms with E-state index in [2.05, 4.69) is 5.32 Å². The van der Waals surface area contributed by atoms with Gasteiger partial charge >= 0.3 is 0 Å². The molecule has 8 nitrogen and oxygen atoms in total. The Morgan fingerprint density at radius 1 is 0.894 bits per heavy atom. The molecule has 0 unspecified atom stereocenters. The normalized spacial score (nSPS) is 11.9. The van der Waals surface area contributed by atoms with Crippen molar-refractivity contribution in [3.05, 3.63) is 124 Å². The molecule has 4 aromatic rings. The maximum Gasteiger partial charge on any atom is 0.264 e. The molecule has 0 fully saturated rings. The molecular weight excluding hydrogens is 657 g/mol. The third kappa shape index (κ3) is 9.50. The predicted octanol–water partition coefficient (Wildman–Crippen LogP) is 7.06. The van der Waals surface area contributed by atoms with Gasteiger partial charge in [-0.25, -0.2) is 8.42 Å². The van der Waals surface area contributed by atoms with Crippen molar-refractivity contribution in [3.63, 3.8) is 0 Å². The Kier molecular flexibility index (Phi) is 12.7. The topological polar surface area (TPSA) is 96.0 Å². The number of sulfonamides is 1. The lowest BCUT2D eigenvalue weighted by Gasteiger charge is -2.34. The first-order valence-corrected chi connectivity index (χ1v) is 17.5. The number of nitrogens with one attached hydrogen (secondary N) is 1. The van der Waals surface area contributed by atoms with Crippen molar-refractivity contribution in [3.8, 4) is 5.75 Å². The van der Waals surface area contributed by atoms with Crippen molar-refractivity contribution < 1.29 is 22.7 Å². The zero-order valence-corrected chi connectivity index (χ0v) is 29.0. The van der Waals surface area contributed by atoms with Gasteiger partial charge in [0, 0.05) is 24.5 Å². The van der Waals surface area contributed by atoms with Gasteiger partial charge in [0.25, 0.3) is 10.0 Å². The van der Waals surface area contributed by atoms with Crippen molar-refractivity contribution in [1.29, 1.82) is 0 Å². The highest BCUT2D eigenvalue weighted by Crippen LogP contribution is 2.32. The zero-order chi connectivity index (χ0) is 34.0. The van der Waals surface area contributed by atoms with Gasteiger partial charge in [-0.05, 0) is 66.9 Å². The summed E-state index contributed by atoms with van der Waals surface area (Å²) in [5, 5.41) is 3.63. The van der Waals surface area contributed by atoms with Crippen LogP contribution in [0.3, 0.4) is 0 Å². The van der Waals surface area contributed by atoms with Gasteiger partial charge in [-0.1, -0.05) is 96.7 Å². The van der Waals surface area contributed by atoms with E-state index in [9.17, 15) is 18.0 Å². The summed E-state index contributed by atoms with van der Waals surface area (Å²) >= 11 is 12.8. The van der Waals surface area contributed by atoms with Gasteiger partial charge in [0.2, 0.25) is 11.8 Å². The molecule has 0 aliphatic carbocycles. The molecule has 248 valence electrons. The maximum atomic E-state index is 14.6. The van der Waals surface area contributed by atoms with Crippen LogP contribution in [0.25, 0.3) is 0 Å². The molecule has 0 radical (unpaired) electrons. The highest BCUT2D eigenvalue weighted by molar-refractivity contribution is 7.92. The van der Waals surface area contributed by atoms with Crippen LogP contribution in [-0.2, 0) is 32.6 Å². The number of carbonyl (C=O) groups is 2. The van der Waals surface area contributed by atoms with Gasteiger partial charge in [-0.2, -0.15) is 0 Å². The monoisotopic (exact) mass is 695 g/mol. The molecule has 0 aliphatic heterocycles. The molecule has 4 rings (SSSR count). The number of hydrogen-bond donors (Lipinski definition) is 1. The van der Waals surface area contributed by atoms with Crippen LogP contribution >= 0.6 is 23.2 Å². The number of benzene rings is 4. The van der Waals surface area contributed by atoms with Gasteiger partial charge in [-0.3, -0.25) is 13.9 Å². The molecule has 0 heterocycles. The summed E-state index contributed by atoms with van der Waals surface area (Å²) in [6, 6.07) is 26.4. The third-order valence-corrected chi connectivity index (χ3v) is 9.97. The summed E-state index contributed by atoms with van der Waals surface area (Å²) in [5.41, 5.74) is 2.58. The predicted molar refractivity (Wildman–Crippen MR) is 188 cm³/mol. The Bertz CT molecular complexity index is 1770. The second-order valence-electron chi connectivity index (χ2n) is 11.1. The Morgan fingerprint density at radius 3 is 2.23 bits per heavy atom. The summed E-state index contributed by atoms with van der Waals surface area (Å²) in [6.07, 6.45) is 1.86. The summed E-state index contributed by atoms with van der Waals surface area (Å²) in [4.78, 5) is 29.9. The second kappa shape index (κ2) is 16.7. The quantitative estimate of drug-likeness (QED) is 0.134. The number of aryl methyl sites for hydroxylation is 1. The lowest BCUT2D eigenvalue weighted by Crippen LogP contribution is -2.53. The lowest BCUT2D eigenvalue weighted by molar-refractivity contribution is -0.140. The summed E-state index contributed by atoms with van der Waals surface area (Å²) in [7, 11) is -2.82. The van der Waals surface area contributed by atoms with Crippen LogP contribution in [0.4, 0.5) is 5.69 Å². The van der Waals surface area contributed by atoms with E-state index < -0.39 is 28.5 Å². The van der Waals surface area contributed by atoms with Gasteiger partial charge in [0.05, 0.1) is 22.7 Å². The average molecular weight is 697 g/mol. The molecule has 0 spiro atoms. The summed E-state index contributed by atoms with van der Waals surface area (Å²) in [6.45, 7) is 3.73. The average Bonchev–Trinajstić information content (AvgIpc) is 3.05. The summed E-state index contributed by atoms with van der Waals surface area (Å²) in [5.74, 6) is -0.569. The third-order valence-electron chi connectivity index (χ3n) is 7.65. The fourth-order valence-corrected chi connectivity index (χ4v) is 6.94. The molecule has 0 bridgehead atoms. The number of rotatable bonds is 15. The first-order chi connectivity index (χ1) is 22.5. The number of halogens is 2. The Hall–Kier alpha value is -4.05. The van der Waals surface area contributed by atoms with Gasteiger partial charge in [0.15, 0.2) is 0 Å². The molecule has 4 aromatic carbocycles. The van der Waals surface area contributed by atoms with Gasteiger partial charge < -0.3 is 15.0 Å². The van der Waals surface area contributed by atoms with Crippen molar-refractivity contribution in [1.82, 2.24) is 10.2 Å². The number of nitrogens with zero attached hydrogens (tertiary/aromatic N) is 2. The molecule has 0 saturated carbocycles. The molecule has 0 saturated heterocycles. The van der Waals surface area contributed by atoms with E-state index in [-0.39, 0.29) is 34.5 Å². The number of hydrogen-bond acceptors (Lipinski definition) is 5. The van der Waals surface area contributed by atoms with Crippen molar-refractivity contribution in [2.24, 2.45) is 0 Å². The first kappa shape index (κ1) is 35.8. The Balaban J connectivity index is 1.81. The molecule has 1 atom stereocenters. The minimum absolute atomic E-state index is 0.00220. The molecular formula is C36H39Cl2N3O5S. The number of methoxy groups -OCH3 is 1. The fourth-order valence-electron chi connectivity index (χ4n) is 5.07. The molecule has 1 N–H and O–H groups in total. The fraction of sp³-hybridized carbons (Fsp3) is 0.278. The van der Waals surface area contributed by atoms with E-state index in [0.29, 0.717) is 22.9 Å². The summed E-state index contributed by atoms with van der Waals surface area (Å²) < 4.78 is 34.7. The zero-order valence-electron chi connectivity index (χ0n) is 26.7. The van der Waals surface area contributed by atoms with E-state index in [1.807, 2.05) is 50.2 Å². The van der Waals surface area contributed by atoms with E-state index in [1.54, 1.807) is 36.4 Å². The molecule has 11 heteroatoms. The highest BCUT2D eigenvalue weighted by Gasteiger charge is 2.35. The minimum Gasteiger partial charge on any atom is -0.495 e. The van der Waals surface area contributed by atoms with E-state index in [0.717, 1.165) is 28.3 Å².